The molecule has 1 unspecified atom stereocenters. The number of nitrogens with zero attached hydrogens (tertiary/aromatic N) is 2. The maximum Gasteiger partial charge on any atom is 0.323 e. The van der Waals surface area contributed by atoms with Crippen molar-refractivity contribution in [1.82, 2.24) is 9.78 Å². The van der Waals surface area contributed by atoms with E-state index in [9.17, 15) is 14.7 Å². The SMILES string of the molecule is CCOC(=O)C(C)(Cc1ccn(C(CC)CC)n1)C(=O)O. The zero-order valence-corrected chi connectivity index (χ0v) is 13.1. The lowest BCUT2D eigenvalue weighted by Crippen LogP contribution is -2.40. The summed E-state index contributed by atoms with van der Waals surface area (Å²) >= 11 is 0. The second-order valence-electron chi connectivity index (χ2n) is 5.29. The molecule has 0 fully saturated rings. The molecule has 0 amide bonds. The van der Waals surface area contributed by atoms with Gasteiger partial charge in [-0.2, -0.15) is 5.10 Å². The van der Waals surface area contributed by atoms with Crippen LogP contribution in [0.2, 0.25) is 0 Å². The van der Waals surface area contributed by atoms with Gasteiger partial charge in [0.1, 0.15) is 0 Å². The van der Waals surface area contributed by atoms with E-state index in [0.717, 1.165) is 12.8 Å². The molecular formula is C15H24N2O4. The van der Waals surface area contributed by atoms with Crippen LogP contribution in [0.4, 0.5) is 0 Å². The highest BCUT2D eigenvalue weighted by molar-refractivity contribution is 5.98. The highest BCUT2D eigenvalue weighted by atomic mass is 16.5. The quantitative estimate of drug-likeness (QED) is 0.588. The minimum atomic E-state index is -1.61. The van der Waals surface area contributed by atoms with Gasteiger partial charge >= 0.3 is 11.9 Å². The Hall–Kier alpha value is -1.85. The Morgan fingerprint density at radius 2 is 2.00 bits per heavy atom. The van der Waals surface area contributed by atoms with Gasteiger partial charge in [-0.15, -0.1) is 0 Å². The van der Waals surface area contributed by atoms with Crippen molar-refractivity contribution in [3.8, 4) is 0 Å². The Kier molecular flexibility index (Phi) is 5.93. The third-order valence-corrected chi connectivity index (χ3v) is 3.71. The number of carboxylic acids is 1. The summed E-state index contributed by atoms with van der Waals surface area (Å²) in [7, 11) is 0. The van der Waals surface area contributed by atoms with Crippen molar-refractivity contribution in [3.05, 3.63) is 18.0 Å². The van der Waals surface area contributed by atoms with Crippen LogP contribution in [0.25, 0.3) is 0 Å². The van der Waals surface area contributed by atoms with Gasteiger partial charge in [-0.25, -0.2) is 0 Å². The van der Waals surface area contributed by atoms with E-state index < -0.39 is 17.4 Å². The van der Waals surface area contributed by atoms with Gasteiger partial charge in [0, 0.05) is 12.6 Å². The molecule has 0 bridgehead atoms. The van der Waals surface area contributed by atoms with Crippen LogP contribution in [0.3, 0.4) is 0 Å². The highest BCUT2D eigenvalue weighted by Gasteiger charge is 2.43. The number of carbonyl (C=O) groups excluding carboxylic acids is 1. The van der Waals surface area contributed by atoms with Crippen LogP contribution in [-0.2, 0) is 20.7 Å². The van der Waals surface area contributed by atoms with Crippen molar-refractivity contribution < 1.29 is 19.4 Å². The number of aromatic nitrogens is 2. The van der Waals surface area contributed by atoms with Gasteiger partial charge in [0.25, 0.3) is 0 Å². The van der Waals surface area contributed by atoms with Crippen molar-refractivity contribution in [3.63, 3.8) is 0 Å². The fourth-order valence-corrected chi connectivity index (χ4v) is 2.23. The van der Waals surface area contributed by atoms with Gasteiger partial charge in [0.05, 0.1) is 18.3 Å². The molecule has 0 saturated heterocycles. The number of esters is 1. The molecule has 0 aliphatic heterocycles. The van der Waals surface area contributed by atoms with Crippen LogP contribution in [-0.4, -0.2) is 33.4 Å². The Balaban J connectivity index is 2.95. The number of aliphatic carboxylic acids is 1. The summed E-state index contributed by atoms with van der Waals surface area (Å²) in [6.45, 7) is 7.35. The maximum absolute atomic E-state index is 11.9. The van der Waals surface area contributed by atoms with E-state index in [1.165, 1.54) is 6.92 Å². The molecule has 0 spiro atoms. The second-order valence-corrected chi connectivity index (χ2v) is 5.29. The highest BCUT2D eigenvalue weighted by Crippen LogP contribution is 2.25. The standard InChI is InChI=1S/C15H24N2O4/c1-5-12(6-2)17-9-8-11(16-17)10-15(4,13(18)19)14(20)21-7-3/h8-9,12H,5-7,10H2,1-4H3,(H,18,19). The van der Waals surface area contributed by atoms with E-state index in [1.807, 2.05) is 10.9 Å². The van der Waals surface area contributed by atoms with E-state index in [4.69, 9.17) is 4.74 Å². The first kappa shape index (κ1) is 17.2. The number of ether oxygens (including phenoxy) is 1. The Morgan fingerprint density at radius 3 is 2.48 bits per heavy atom. The van der Waals surface area contributed by atoms with Crippen LogP contribution in [0, 0.1) is 5.41 Å². The third kappa shape index (κ3) is 3.83. The van der Waals surface area contributed by atoms with Crippen LogP contribution < -0.4 is 0 Å². The predicted molar refractivity (Wildman–Crippen MR) is 77.9 cm³/mol. The Bertz CT molecular complexity index is 494. The number of carboxylic acid groups (broad SMARTS) is 1. The number of hydrogen-bond donors (Lipinski definition) is 1. The lowest BCUT2D eigenvalue weighted by molar-refractivity contribution is -0.167. The third-order valence-electron chi connectivity index (χ3n) is 3.71. The molecule has 1 aromatic heterocycles. The topological polar surface area (TPSA) is 81.4 Å². The Morgan fingerprint density at radius 1 is 1.38 bits per heavy atom. The molecule has 0 saturated carbocycles. The summed E-state index contributed by atoms with van der Waals surface area (Å²) in [6.07, 6.45) is 3.76. The maximum atomic E-state index is 11.9. The molecule has 0 radical (unpaired) electrons. The van der Waals surface area contributed by atoms with E-state index in [0.29, 0.717) is 5.69 Å². The molecule has 6 nitrogen and oxygen atoms in total. The molecular weight excluding hydrogens is 272 g/mol. The van der Waals surface area contributed by atoms with Crippen LogP contribution in [0.1, 0.15) is 52.3 Å². The van der Waals surface area contributed by atoms with E-state index in [2.05, 4.69) is 18.9 Å². The monoisotopic (exact) mass is 296 g/mol. The van der Waals surface area contributed by atoms with Gasteiger partial charge in [-0.1, -0.05) is 13.8 Å². The average Bonchev–Trinajstić information content (AvgIpc) is 2.88. The van der Waals surface area contributed by atoms with Crippen LogP contribution in [0.5, 0.6) is 0 Å². The number of carbonyl (C=O) groups is 2. The molecule has 1 aromatic rings. The zero-order chi connectivity index (χ0) is 16.0. The van der Waals surface area contributed by atoms with E-state index >= 15 is 0 Å². The first-order valence-corrected chi connectivity index (χ1v) is 7.33. The van der Waals surface area contributed by atoms with Gasteiger partial charge in [0.2, 0.25) is 0 Å². The molecule has 21 heavy (non-hydrogen) atoms. The molecule has 1 atom stereocenters. The summed E-state index contributed by atoms with van der Waals surface area (Å²) in [6, 6.07) is 2.05. The lowest BCUT2D eigenvalue weighted by Gasteiger charge is -2.21. The van der Waals surface area contributed by atoms with Crippen molar-refractivity contribution in [1.29, 1.82) is 0 Å². The Labute approximate surface area is 125 Å². The van der Waals surface area contributed by atoms with Crippen molar-refractivity contribution in [2.75, 3.05) is 6.61 Å². The van der Waals surface area contributed by atoms with Gasteiger partial charge < -0.3 is 9.84 Å². The van der Waals surface area contributed by atoms with E-state index in [-0.39, 0.29) is 19.1 Å². The predicted octanol–water partition coefficient (Wildman–Crippen LogP) is 2.44. The summed E-state index contributed by atoms with van der Waals surface area (Å²) in [5.41, 5.74) is -1.02. The van der Waals surface area contributed by atoms with Gasteiger partial charge in [-0.05, 0) is 32.8 Å². The van der Waals surface area contributed by atoms with Crippen LogP contribution >= 0.6 is 0 Å². The molecule has 118 valence electrons. The molecule has 6 heteroatoms. The first-order valence-electron chi connectivity index (χ1n) is 7.33. The summed E-state index contributed by atoms with van der Waals surface area (Å²) in [4.78, 5) is 23.4. The van der Waals surface area contributed by atoms with Crippen molar-refractivity contribution in [2.45, 2.75) is 53.0 Å². The van der Waals surface area contributed by atoms with Gasteiger partial charge in [0.15, 0.2) is 5.41 Å². The minimum absolute atomic E-state index is 0.0221. The second kappa shape index (κ2) is 7.24. The smallest absolute Gasteiger partial charge is 0.323 e. The van der Waals surface area contributed by atoms with Gasteiger partial charge in [-0.3, -0.25) is 14.3 Å². The normalized spacial score (nSPS) is 14.0. The molecule has 0 aliphatic carbocycles. The minimum Gasteiger partial charge on any atom is -0.480 e. The summed E-state index contributed by atoms with van der Waals surface area (Å²) in [5, 5.41) is 13.8. The molecule has 1 N–H and O–H groups in total. The molecule has 1 heterocycles. The molecule has 0 aromatic carbocycles. The van der Waals surface area contributed by atoms with Crippen molar-refractivity contribution in [2.24, 2.45) is 5.41 Å². The number of hydrogen-bond acceptors (Lipinski definition) is 4. The largest absolute Gasteiger partial charge is 0.480 e. The molecule has 1 rings (SSSR count). The average molecular weight is 296 g/mol. The fraction of sp³-hybridized carbons (Fsp3) is 0.667. The summed E-state index contributed by atoms with van der Waals surface area (Å²) in [5.74, 6) is -1.92. The molecule has 0 aliphatic rings. The zero-order valence-electron chi connectivity index (χ0n) is 13.1. The van der Waals surface area contributed by atoms with Crippen molar-refractivity contribution >= 4 is 11.9 Å². The lowest BCUT2D eigenvalue weighted by atomic mass is 9.85. The van der Waals surface area contributed by atoms with E-state index in [1.54, 1.807) is 13.0 Å². The van der Waals surface area contributed by atoms with Crippen LogP contribution in [0.15, 0.2) is 12.3 Å². The first-order chi connectivity index (χ1) is 9.88. The summed E-state index contributed by atoms with van der Waals surface area (Å²) < 4.78 is 6.72. The number of rotatable bonds is 8. The fourth-order valence-electron chi connectivity index (χ4n) is 2.23.